The molecule has 0 spiro atoms. The number of nitrogens with two attached hydrogens (primary N) is 1. The second-order valence-corrected chi connectivity index (χ2v) is 8.15. The molecule has 9 heteroatoms. The second kappa shape index (κ2) is 12.7. The van der Waals surface area contributed by atoms with Gasteiger partial charge in [-0.15, -0.1) is 0 Å². The van der Waals surface area contributed by atoms with Crippen LogP contribution in [0.3, 0.4) is 0 Å². The molecule has 0 saturated carbocycles. The minimum Gasteiger partial charge on any atom is -0.351 e. The standard InChI is InChI=1S/C15H19FN2O.C7H6N4O.C3H8/c1-2-15(18-8-4-3-5-9-18)12-10-11(16)6-7-13(12)17-14(15)19;8-3-5-1-2-6(4-10-5)11-7(9)12;1-3-2/h6-7,10H,2-5,8-9H2,1H3,(H,17,19);1-2,4H,(H3,9,11,12);3H2,1-2H3. The summed E-state index contributed by atoms with van der Waals surface area (Å²) in [6.45, 7) is 8.09. The fraction of sp³-hybridized carbons (Fsp3) is 0.440. The molecule has 1 aromatic carbocycles. The summed E-state index contributed by atoms with van der Waals surface area (Å²) in [6, 6.07) is 8.84. The van der Waals surface area contributed by atoms with Crippen molar-refractivity contribution in [2.45, 2.75) is 58.4 Å². The van der Waals surface area contributed by atoms with Crippen LogP contribution in [-0.4, -0.2) is 34.9 Å². The molecule has 1 aromatic heterocycles. The normalized spacial score (nSPS) is 18.7. The van der Waals surface area contributed by atoms with Crippen molar-refractivity contribution in [1.29, 1.82) is 5.26 Å². The number of piperidine rings is 1. The number of hydrogen-bond donors (Lipinski definition) is 3. The van der Waals surface area contributed by atoms with Crippen LogP contribution in [0.1, 0.15) is 64.1 Å². The van der Waals surface area contributed by atoms with Crippen LogP contribution in [0.2, 0.25) is 0 Å². The molecular weight excluding hydrogens is 435 g/mol. The number of nitrogens with one attached hydrogen (secondary N) is 2. The first-order chi connectivity index (χ1) is 16.3. The topological polar surface area (TPSA) is 124 Å². The summed E-state index contributed by atoms with van der Waals surface area (Å²) >= 11 is 0. The zero-order valence-electron chi connectivity index (χ0n) is 20.0. The summed E-state index contributed by atoms with van der Waals surface area (Å²) in [7, 11) is 0. The van der Waals surface area contributed by atoms with Gasteiger partial charge in [-0.25, -0.2) is 14.2 Å². The van der Waals surface area contributed by atoms with E-state index in [0.29, 0.717) is 17.8 Å². The highest BCUT2D eigenvalue weighted by atomic mass is 19.1. The molecule has 4 N–H and O–H groups in total. The van der Waals surface area contributed by atoms with Crippen LogP contribution < -0.4 is 16.4 Å². The summed E-state index contributed by atoms with van der Waals surface area (Å²) < 4.78 is 13.6. The van der Waals surface area contributed by atoms with Gasteiger partial charge in [0.2, 0.25) is 5.91 Å². The Labute approximate surface area is 200 Å². The van der Waals surface area contributed by atoms with E-state index in [4.69, 9.17) is 11.0 Å². The van der Waals surface area contributed by atoms with Crippen LogP contribution in [0.5, 0.6) is 0 Å². The lowest BCUT2D eigenvalue weighted by atomic mass is 9.85. The van der Waals surface area contributed by atoms with Gasteiger partial charge in [0.1, 0.15) is 23.1 Å². The molecule has 34 heavy (non-hydrogen) atoms. The number of urea groups is 1. The molecule has 2 aliphatic heterocycles. The van der Waals surface area contributed by atoms with Crippen molar-refractivity contribution in [3.8, 4) is 6.07 Å². The number of benzene rings is 1. The minimum atomic E-state index is -0.669. The summed E-state index contributed by atoms with van der Waals surface area (Å²) in [5.41, 5.74) is 6.52. The van der Waals surface area contributed by atoms with Gasteiger partial charge in [0.15, 0.2) is 0 Å². The van der Waals surface area contributed by atoms with Crippen LogP contribution in [0, 0.1) is 17.1 Å². The number of hydrogen-bond acceptors (Lipinski definition) is 5. The Morgan fingerprint density at radius 3 is 2.44 bits per heavy atom. The van der Waals surface area contributed by atoms with Crippen LogP contribution in [0.25, 0.3) is 0 Å². The summed E-state index contributed by atoms with van der Waals surface area (Å²) in [5.74, 6) is -0.275. The molecule has 1 saturated heterocycles. The molecule has 2 aliphatic rings. The third kappa shape index (κ3) is 6.29. The highest BCUT2D eigenvalue weighted by Gasteiger charge is 2.50. The third-order valence-electron chi connectivity index (χ3n) is 5.60. The van der Waals surface area contributed by atoms with E-state index in [9.17, 15) is 14.0 Å². The molecule has 2 aromatic rings. The molecule has 4 rings (SSSR count). The van der Waals surface area contributed by atoms with Gasteiger partial charge in [-0.3, -0.25) is 9.69 Å². The lowest BCUT2D eigenvalue weighted by Gasteiger charge is -2.41. The highest BCUT2D eigenvalue weighted by Crippen LogP contribution is 2.44. The van der Waals surface area contributed by atoms with Crippen molar-refractivity contribution >= 4 is 23.3 Å². The molecule has 8 nitrogen and oxygen atoms in total. The Hall–Kier alpha value is -3.51. The van der Waals surface area contributed by atoms with E-state index in [2.05, 4.69) is 34.4 Å². The first kappa shape index (κ1) is 26.7. The Balaban J connectivity index is 0.000000234. The smallest absolute Gasteiger partial charge is 0.316 e. The van der Waals surface area contributed by atoms with Crippen molar-refractivity contribution in [2.24, 2.45) is 5.73 Å². The lowest BCUT2D eigenvalue weighted by Crippen LogP contribution is -2.52. The Morgan fingerprint density at radius 2 is 1.91 bits per heavy atom. The largest absolute Gasteiger partial charge is 0.351 e. The number of rotatable bonds is 3. The maximum atomic E-state index is 13.6. The molecule has 1 atom stereocenters. The predicted molar refractivity (Wildman–Crippen MR) is 131 cm³/mol. The van der Waals surface area contributed by atoms with E-state index in [1.54, 1.807) is 12.1 Å². The molecule has 1 unspecified atom stereocenters. The van der Waals surface area contributed by atoms with Crippen molar-refractivity contribution in [2.75, 3.05) is 23.7 Å². The number of halogens is 1. The van der Waals surface area contributed by atoms with Crippen molar-refractivity contribution in [3.63, 3.8) is 0 Å². The number of primary amides is 1. The van der Waals surface area contributed by atoms with Gasteiger partial charge in [-0.1, -0.05) is 33.6 Å². The van der Waals surface area contributed by atoms with Crippen molar-refractivity contribution < 1.29 is 14.0 Å². The number of amides is 3. The van der Waals surface area contributed by atoms with Gasteiger partial charge in [-0.2, -0.15) is 5.26 Å². The maximum absolute atomic E-state index is 13.6. The van der Waals surface area contributed by atoms with Gasteiger partial charge in [-0.05, 0) is 62.7 Å². The van der Waals surface area contributed by atoms with E-state index in [0.717, 1.165) is 37.2 Å². The van der Waals surface area contributed by atoms with Gasteiger partial charge in [0.05, 0.1) is 11.9 Å². The number of fused-ring (bicyclic) bond motifs is 1. The number of nitrogens with zero attached hydrogens (tertiary/aromatic N) is 3. The van der Waals surface area contributed by atoms with Gasteiger partial charge in [0, 0.05) is 11.3 Å². The summed E-state index contributed by atoms with van der Waals surface area (Å²) in [5, 5.41) is 13.6. The number of likely N-dealkylation sites (tertiary alicyclic amines) is 1. The van der Waals surface area contributed by atoms with E-state index in [1.165, 1.54) is 37.2 Å². The van der Waals surface area contributed by atoms with Crippen LogP contribution >= 0.6 is 0 Å². The van der Waals surface area contributed by atoms with Crippen molar-refractivity contribution in [1.82, 2.24) is 9.88 Å². The lowest BCUT2D eigenvalue weighted by molar-refractivity contribution is -0.129. The van der Waals surface area contributed by atoms with E-state index >= 15 is 0 Å². The molecular formula is C25H33FN6O2. The highest BCUT2D eigenvalue weighted by molar-refractivity contribution is 6.05. The van der Waals surface area contributed by atoms with Crippen LogP contribution in [0.4, 0.5) is 20.6 Å². The number of aromatic nitrogens is 1. The zero-order valence-corrected chi connectivity index (χ0v) is 20.0. The molecule has 0 radical (unpaired) electrons. The Morgan fingerprint density at radius 1 is 1.24 bits per heavy atom. The minimum absolute atomic E-state index is 0.00231. The number of nitriles is 1. The second-order valence-electron chi connectivity index (χ2n) is 8.15. The number of carbonyl (C=O) groups excluding carboxylic acids is 2. The van der Waals surface area contributed by atoms with Crippen LogP contribution in [0.15, 0.2) is 36.5 Å². The molecule has 182 valence electrons. The summed E-state index contributed by atoms with van der Waals surface area (Å²) in [6.07, 6.45) is 6.73. The number of anilines is 2. The monoisotopic (exact) mass is 468 g/mol. The quantitative estimate of drug-likeness (QED) is 0.601. The maximum Gasteiger partial charge on any atom is 0.316 e. The average Bonchev–Trinajstić information content (AvgIpc) is 3.12. The van der Waals surface area contributed by atoms with Gasteiger partial charge >= 0.3 is 6.03 Å². The molecule has 3 heterocycles. The molecule has 0 bridgehead atoms. The zero-order chi connectivity index (χ0) is 25.1. The van der Waals surface area contributed by atoms with E-state index < -0.39 is 11.6 Å². The van der Waals surface area contributed by atoms with E-state index in [1.807, 2.05) is 13.0 Å². The Bertz CT molecular complexity index is 1020. The molecule has 1 fully saturated rings. The van der Waals surface area contributed by atoms with Crippen LogP contribution in [-0.2, 0) is 10.3 Å². The SMILES string of the molecule is CCC.CCC1(N2CCCCC2)C(=O)Nc2ccc(F)cc21.N#Cc1ccc(NC(N)=O)cn1. The third-order valence-corrected chi connectivity index (χ3v) is 5.60. The summed E-state index contributed by atoms with van der Waals surface area (Å²) in [4.78, 5) is 28.8. The van der Waals surface area contributed by atoms with Crippen molar-refractivity contribution in [3.05, 3.63) is 53.6 Å². The molecule has 3 amide bonds. The fourth-order valence-electron chi connectivity index (χ4n) is 4.16. The first-order valence-corrected chi connectivity index (χ1v) is 11.6. The number of carbonyl (C=O) groups is 2. The predicted octanol–water partition coefficient (Wildman–Crippen LogP) is 4.73. The number of pyridine rings is 1. The van der Waals surface area contributed by atoms with Gasteiger partial charge < -0.3 is 16.4 Å². The Kier molecular flexibility index (Phi) is 9.95. The first-order valence-electron chi connectivity index (χ1n) is 11.6. The van der Waals surface area contributed by atoms with E-state index in [-0.39, 0.29) is 11.7 Å². The van der Waals surface area contributed by atoms with Gasteiger partial charge in [0.25, 0.3) is 0 Å². The fourth-order valence-corrected chi connectivity index (χ4v) is 4.16. The average molecular weight is 469 g/mol. The molecule has 0 aliphatic carbocycles.